The molecule has 0 saturated carbocycles. The number of aryl methyl sites for hydroxylation is 1. The number of nitrogens with zero attached hydrogens (tertiary/aromatic N) is 4. The summed E-state index contributed by atoms with van der Waals surface area (Å²) in [4.78, 5) is 23.4. The van der Waals surface area contributed by atoms with Crippen LogP contribution in [0.2, 0.25) is 0 Å². The van der Waals surface area contributed by atoms with Crippen LogP contribution in [0.4, 0.5) is 5.95 Å². The lowest BCUT2D eigenvalue weighted by molar-refractivity contribution is 0.0927. The lowest BCUT2D eigenvalue weighted by Gasteiger charge is -2.33. The van der Waals surface area contributed by atoms with Gasteiger partial charge in [-0.1, -0.05) is 0 Å². The van der Waals surface area contributed by atoms with E-state index in [0.29, 0.717) is 5.69 Å². The number of aromatic amines is 1. The van der Waals surface area contributed by atoms with Gasteiger partial charge in [-0.2, -0.15) is 5.10 Å². The zero-order chi connectivity index (χ0) is 16.4. The van der Waals surface area contributed by atoms with E-state index in [0.717, 1.165) is 62.4 Å². The molecule has 1 aliphatic heterocycles. The number of amides is 1. The topological polar surface area (TPSA) is 86.8 Å². The molecule has 0 bridgehead atoms. The van der Waals surface area contributed by atoms with Crippen molar-refractivity contribution in [2.24, 2.45) is 0 Å². The molecular formula is C17H22N6O. The molecule has 126 valence electrons. The molecule has 7 heteroatoms. The van der Waals surface area contributed by atoms with Crippen molar-refractivity contribution in [2.45, 2.75) is 44.6 Å². The van der Waals surface area contributed by atoms with Crippen molar-refractivity contribution in [3.63, 3.8) is 0 Å². The number of hydrogen-bond donors (Lipinski definition) is 2. The van der Waals surface area contributed by atoms with Crippen molar-refractivity contribution < 1.29 is 4.79 Å². The molecule has 4 rings (SSSR count). The molecule has 0 radical (unpaired) electrons. The van der Waals surface area contributed by atoms with E-state index in [4.69, 9.17) is 0 Å². The zero-order valence-corrected chi connectivity index (χ0v) is 13.7. The number of piperidine rings is 1. The van der Waals surface area contributed by atoms with Gasteiger partial charge in [0, 0.05) is 42.8 Å². The molecule has 1 saturated heterocycles. The molecule has 0 aromatic carbocycles. The Hall–Kier alpha value is -2.44. The molecule has 2 N–H and O–H groups in total. The number of nitrogens with one attached hydrogen (secondary N) is 2. The Morgan fingerprint density at radius 1 is 1.21 bits per heavy atom. The van der Waals surface area contributed by atoms with E-state index in [1.807, 2.05) is 6.07 Å². The van der Waals surface area contributed by atoms with Crippen molar-refractivity contribution in [1.82, 2.24) is 25.5 Å². The maximum atomic E-state index is 12.6. The molecule has 1 atom stereocenters. The molecule has 0 spiro atoms. The van der Waals surface area contributed by atoms with Gasteiger partial charge in [0.15, 0.2) is 5.69 Å². The summed E-state index contributed by atoms with van der Waals surface area (Å²) in [6.45, 7) is 1.66. The lowest BCUT2D eigenvalue weighted by atomic mass is 9.95. The number of rotatable bonds is 3. The molecule has 2 aliphatic rings. The molecule has 7 nitrogen and oxygen atoms in total. The SMILES string of the molecule is O=C(NC1CCCN(c2ncccn2)C1)c1n[nH]c2c1CCCC2. The number of aromatic nitrogens is 4. The molecule has 1 amide bonds. The minimum Gasteiger partial charge on any atom is -0.346 e. The predicted molar refractivity (Wildman–Crippen MR) is 90.0 cm³/mol. The number of carbonyl (C=O) groups excluding carboxylic acids is 1. The second-order valence-electron chi connectivity index (χ2n) is 6.54. The van der Waals surface area contributed by atoms with Crippen LogP contribution >= 0.6 is 0 Å². The van der Waals surface area contributed by atoms with Crippen molar-refractivity contribution in [3.05, 3.63) is 35.4 Å². The van der Waals surface area contributed by atoms with E-state index in [-0.39, 0.29) is 11.9 Å². The lowest BCUT2D eigenvalue weighted by Crippen LogP contribution is -2.48. The normalized spacial score (nSPS) is 20.5. The maximum absolute atomic E-state index is 12.6. The highest BCUT2D eigenvalue weighted by atomic mass is 16.2. The van der Waals surface area contributed by atoms with E-state index < -0.39 is 0 Å². The highest BCUT2D eigenvalue weighted by Crippen LogP contribution is 2.22. The van der Waals surface area contributed by atoms with Gasteiger partial charge in [0.1, 0.15) is 0 Å². The Labute approximate surface area is 140 Å². The Bertz CT molecular complexity index is 713. The van der Waals surface area contributed by atoms with Crippen LogP contribution in [0.15, 0.2) is 18.5 Å². The van der Waals surface area contributed by atoms with Crippen LogP contribution in [0.25, 0.3) is 0 Å². The highest BCUT2D eigenvalue weighted by Gasteiger charge is 2.26. The van der Waals surface area contributed by atoms with Gasteiger partial charge >= 0.3 is 0 Å². The average Bonchev–Trinajstić information content (AvgIpc) is 3.07. The van der Waals surface area contributed by atoms with Crippen LogP contribution in [0.5, 0.6) is 0 Å². The smallest absolute Gasteiger partial charge is 0.272 e. The number of anilines is 1. The first-order valence-corrected chi connectivity index (χ1v) is 8.70. The first-order chi connectivity index (χ1) is 11.8. The van der Waals surface area contributed by atoms with Crippen molar-refractivity contribution in [2.75, 3.05) is 18.0 Å². The fraction of sp³-hybridized carbons (Fsp3) is 0.529. The Kier molecular flexibility index (Phi) is 4.15. The largest absolute Gasteiger partial charge is 0.346 e. The summed E-state index contributed by atoms with van der Waals surface area (Å²) >= 11 is 0. The van der Waals surface area contributed by atoms with Crippen LogP contribution in [0.3, 0.4) is 0 Å². The minimum atomic E-state index is -0.0600. The van der Waals surface area contributed by atoms with E-state index in [1.165, 1.54) is 6.42 Å². The first-order valence-electron chi connectivity index (χ1n) is 8.70. The number of carbonyl (C=O) groups is 1. The van der Waals surface area contributed by atoms with Crippen molar-refractivity contribution in [1.29, 1.82) is 0 Å². The van der Waals surface area contributed by atoms with Crippen molar-refractivity contribution in [3.8, 4) is 0 Å². The Morgan fingerprint density at radius 3 is 2.92 bits per heavy atom. The predicted octanol–water partition coefficient (Wildman–Crippen LogP) is 1.48. The number of H-pyrrole nitrogens is 1. The molecule has 24 heavy (non-hydrogen) atoms. The summed E-state index contributed by atoms with van der Waals surface area (Å²) in [7, 11) is 0. The summed E-state index contributed by atoms with van der Waals surface area (Å²) in [6, 6.07) is 1.92. The van der Waals surface area contributed by atoms with Crippen LogP contribution in [0, 0.1) is 0 Å². The fourth-order valence-corrected chi connectivity index (χ4v) is 3.65. The van der Waals surface area contributed by atoms with Crippen LogP contribution < -0.4 is 10.2 Å². The van der Waals surface area contributed by atoms with Gasteiger partial charge in [0.2, 0.25) is 5.95 Å². The van der Waals surface area contributed by atoms with Crippen LogP contribution in [-0.4, -0.2) is 45.2 Å². The molecule has 1 fully saturated rings. The zero-order valence-electron chi connectivity index (χ0n) is 13.7. The van der Waals surface area contributed by atoms with Crippen LogP contribution in [0.1, 0.15) is 47.4 Å². The number of fused-ring (bicyclic) bond motifs is 1. The van der Waals surface area contributed by atoms with Gasteiger partial charge in [0.05, 0.1) is 0 Å². The fourth-order valence-electron chi connectivity index (χ4n) is 3.65. The van der Waals surface area contributed by atoms with E-state index in [2.05, 4.69) is 30.4 Å². The average molecular weight is 326 g/mol. The Balaban J connectivity index is 1.43. The minimum absolute atomic E-state index is 0.0600. The molecular weight excluding hydrogens is 304 g/mol. The summed E-state index contributed by atoms with van der Waals surface area (Å²) in [5, 5.41) is 10.5. The molecule has 3 heterocycles. The maximum Gasteiger partial charge on any atom is 0.272 e. The third-order valence-electron chi connectivity index (χ3n) is 4.86. The van der Waals surface area contributed by atoms with Gasteiger partial charge in [-0.25, -0.2) is 9.97 Å². The standard InChI is InChI=1S/C17H22N6O/c24-16(15-13-6-1-2-7-14(13)21-22-15)20-12-5-3-10-23(11-12)17-18-8-4-9-19-17/h4,8-9,12H,1-3,5-7,10-11H2,(H,20,24)(H,21,22). The summed E-state index contributed by atoms with van der Waals surface area (Å²) < 4.78 is 0. The van der Waals surface area contributed by atoms with Gasteiger partial charge in [-0.15, -0.1) is 0 Å². The van der Waals surface area contributed by atoms with Gasteiger partial charge < -0.3 is 10.2 Å². The molecule has 1 aliphatic carbocycles. The monoisotopic (exact) mass is 326 g/mol. The summed E-state index contributed by atoms with van der Waals surface area (Å²) in [6.07, 6.45) is 9.74. The van der Waals surface area contributed by atoms with Gasteiger partial charge in [-0.3, -0.25) is 9.89 Å². The van der Waals surface area contributed by atoms with Crippen molar-refractivity contribution >= 4 is 11.9 Å². The number of hydrogen-bond acceptors (Lipinski definition) is 5. The summed E-state index contributed by atoms with van der Waals surface area (Å²) in [5.74, 6) is 0.670. The third kappa shape index (κ3) is 2.98. The first kappa shape index (κ1) is 15.1. The quantitative estimate of drug-likeness (QED) is 0.892. The molecule has 1 unspecified atom stereocenters. The van der Waals surface area contributed by atoms with E-state index in [1.54, 1.807) is 12.4 Å². The van der Waals surface area contributed by atoms with E-state index >= 15 is 0 Å². The Morgan fingerprint density at radius 2 is 2.04 bits per heavy atom. The van der Waals surface area contributed by atoms with Gasteiger partial charge in [0.25, 0.3) is 5.91 Å². The highest BCUT2D eigenvalue weighted by molar-refractivity contribution is 5.94. The van der Waals surface area contributed by atoms with Gasteiger partial charge in [-0.05, 0) is 44.6 Å². The second kappa shape index (κ2) is 6.59. The molecule has 2 aromatic heterocycles. The molecule has 2 aromatic rings. The second-order valence-corrected chi connectivity index (χ2v) is 6.54. The third-order valence-corrected chi connectivity index (χ3v) is 4.86. The summed E-state index contributed by atoms with van der Waals surface area (Å²) in [5.41, 5.74) is 2.82. The van der Waals surface area contributed by atoms with Crippen LogP contribution in [-0.2, 0) is 12.8 Å². The van der Waals surface area contributed by atoms with E-state index in [9.17, 15) is 4.79 Å².